The van der Waals surface area contributed by atoms with Crippen molar-refractivity contribution in [3.8, 4) is 0 Å². The van der Waals surface area contributed by atoms with Gasteiger partial charge in [0.2, 0.25) is 10.0 Å². The zero-order chi connectivity index (χ0) is 21.3. The number of amides is 1. The molecule has 0 bridgehead atoms. The van der Waals surface area contributed by atoms with E-state index in [1.807, 2.05) is 13.8 Å². The normalized spacial score (nSPS) is 20.4. The minimum atomic E-state index is -3.84. The summed E-state index contributed by atoms with van der Waals surface area (Å²) in [5.74, 6) is -1.14. The molecule has 0 aliphatic carbocycles. The van der Waals surface area contributed by atoms with Gasteiger partial charge in [0.1, 0.15) is 5.82 Å². The van der Waals surface area contributed by atoms with Crippen LogP contribution >= 0.6 is 23.2 Å². The van der Waals surface area contributed by atoms with Crippen molar-refractivity contribution in [3.05, 3.63) is 57.8 Å². The maximum Gasteiger partial charge on any atom is 0.258 e. The average Bonchev–Trinajstić information content (AvgIpc) is 2.64. The number of benzene rings is 2. The summed E-state index contributed by atoms with van der Waals surface area (Å²) in [6, 6.07) is 7.69. The van der Waals surface area contributed by atoms with Gasteiger partial charge in [0.15, 0.2) is 0 Å². The molecule has 1 heterocycles. The molecule has 3 rings (SSSR count). The Morgan fingerprint density at radius 3 is 2.34 bits per heavy atom. The van der Waals surface area contributed by atoms with Gasteiger partial charge in [-0.1, -0.05) is 37.0 Å². The van der Waals surface area contributed by atoms with Gasteiger partial charge in [-0.3, -0.25) is 4.79 Å². The minimum Gasteiger partial charge on any atom is -0.322 e. The van der Waals surface area contributed by atoms with Crippen LogP contribution in [-0.2, 0) is 10.0 Å². The second-order valence-electron chi connectivity index (χ2n) is 7.49. The first-order valence-electron chi connectivity index (χ1n) is 9.14. The third-order valence-electron chi connectivity index (χ3n) is 4.83. The van der Waals surface area contributed by atoms with Crippen LogP contribution in [0.2, 0.25) is 10.0 Å². The van der Waals surface area contributed by atoms with E-state index in [4.69, 9.17) is 23.2 Å². The van der Waals surface area contributed by atoms with Crippen molar-refractivity contribution in [1.82, 2.24) is 4.31 Å². The molecule has 1 amide bonds. The molecule has 1 fully saturated rings. The third kappa shape index (κ3) is 4.91. The summed E-state index contributed by atoms with van der Waals surface area (Å²) in [5, 5.41) is 3.05. The number of anilines is 1. The highest BCUT2D eigenvalue weighted by Crippen LogP contribution is 2.28. The maximum atomic E-state index is 14.3. The Balaban J connectivity index is 1.89. The topological polar surface area (TPSA) is 66.5 Å². The Kier molecular flexibility index (Phi) is 6.53. The molecule has 1 aliphatic heterocycles. The lowest BCUT2D eigenvalue weighted by atomic mass is 9.94. The second-order valence-corrected chi connectivity index (χ2v) is 10.2. The summed E-state index contributed by atoms with van der Waals surface area (Å²) in [4.78, 5) is 12.4. The zero-order valence-electron chi connectivity index (χ0n) is 16.0. The summed E-state index contributed by atoms with van der Waals surface area (Å²) in [7, 11) is -3.84. The monoisotopic (exact) mass is 458 g/mol. The average molecular weight is 459 g/mol. The van der Waals surface area contributed by atoms with Crippen LogP contribution in [0, 0.1) is 17.7 Å². The number of rotatable bonds is 4. The van der Waals surface area contributed by atoms with Gasteiger partial charge in [-0.05, 0) is 54.7 Å². The molecule has 0 unspecified atom stereocenters. The largest absolute Gasteiger partial charge is 0.322 e. The highest BCUT2D eigenvalue weighted by molar-refractivity contribution is 7.89. The number of halogens is 3. The van der Waals surface area contributed by atoms with Gasteiger partial charge in [-0.2, -0.15) is 4.31 Å². The number of sulfonamides is 1. The highest BCUT2D eigenvalue weighted by Gasteiger charge is 2.32. The number of hydrogen-bond acceptors (Lipinski definition) is 3. The van der Waals surface area contributed by atoms with Crippen LogP contribution in [0.5, 0.6) is 0 Å². The maximum absolute atomic E-state index is 14.3. The molecule has 0 radical (unpaired) electrons. The molecule has 0 spiro atoms. The lowest BCUT2D eigenvalue weighted by molar-refractivity contribution is 0.102. The Labute approximate surface area is 179 Å². The molecule has 0 aromatic heterocycles. The predicted molar refractivity (Wildman–Crippen MR) is 113 cm³/mol. The first kappa shape index (κ1) is 22.0. The first-order valence-corrected chi connectivity index (χ1v) is 11.3. The van der Waals surface area contributed by atoms with Crippen molar-refractivity contribution >= 4 is 44.8 Å². The first-order chi connectivity index (χ1) is 13.6. The number of carbonyl (C=O) groups is 1. The Morgan fingerprint density at radius 1 is 1.07 bits per heavy atom. The van der Waals surface area contributed by atoms with Gasteiger partial charge in [-0.15, -0.1) is 0 Å². The predicted octanol–water partition coefficient (Wildman–Crippen LogP) is 5.05. The lowest BCUT2D eigenvalue weighted by Crippen LogP contribution is -2.42. The van der Waals surface area contributed by atoms with Crippen LogP contribution < -0.4 is 5.32 Å². The number of piperidine rings is 1. The molecule has 5 nitrogen and oxygen atoms in total. The summed E-state index contributed by atoms with van der Waals surface area (Å²) < 4.78 is 41.8. The Morgan fingerprint density at radius 2 is 1.72 bits per heavy atom. The molecule has 1 saturated heterocycles. The van der Waals surface area contributed by atoms with Crippen LogP contribution in [0.15, 0.2) is 41.3 Å². The minimum absolute atomic E-state index is 0.112. The molecular weight excluding hydrogens is 438 g/mol. The molecule has 1 aliphatic rings. The van der Waals surface area contributed by atoms with E-state index in [0.29, 0.717) is 23.8 Å². The Bertz CT molecular complexity index is 1040. The molecular formula is C20H21Cl2FN2O3S. The highest BCUT2D eigenvalue weighted by atomic mass is 35.5. The lowest BCUT2D eigenvalue weighted by Gasteiger charge is -2.34. The fourth-order valence-electron chi connectivity index (χ4n) is 3.56. The van der Waals surface area contributed by atoms with Crippen molar-refractivity contribution in [1.29, 1.82) is 0 Å². The second kappa shape index (κ2) is 8.60. The van der Waals surface area contributed by atoms with E-state index in [9.17, 15) is 17.6 Å². The van der Waals surface area contributed by atoms with E-state index in [1.165, 1.54) is 28.6 Å². The van der Waals surface area contributed by atoms with E-state index in [0.717, 1.165) is 18.6 Å². The van der Waals surface area contributed by atoms with E-state index >= 15 is 0 Å². The molecule has 156 valence electrons. The number of carbonyl (C=O) groups excluding carboxylic acids is 1. The smallest absolute Gasteiger partial charge is 0.258 e. The van der Waals surface area contributed by atoms with Crippen molar-refractivity contribution < 1.29 is 17.6 Å². The molecule has 1 N–H and O–H groups in total. The van der Waals surface area contributed by atoms with Crippen LogP contribution in [-0.4, -0.2) is 31.7 Å². The summed E-state index contributed by atoms with van der Waals surface area (Å²) in [6.45, 7) is 4.79. The Hall–Kier alpha value is -1.67. The summed E-state index contributed by atoms with van der Waals surface area (Å²) in [5.41, 5.74) is -0.0500. The molecule has 2 atom stereocenters. The molecule has 2 aromatic carbocycles. The van der Waals surface area contributed by atoms with Gasteiger partial charge in [0, 0.05) is 18.8 Å². The molecule has 9 heteroatoms. The van der Waals surface area contributed by atoms with Gasteiger partial charge in [-0.25, -0.2) is 12.8 Å². The number of nitrogens with one attached hydrogen (secondary N) is 1. The fraction of sp³-hybridized carbons (Fsp3) is 0.350. The standard InChI is InChI=1S/C20H21Cl2FN2O3S/c1-12-7-13(2)11-25(10-12)29(27,28)15-4-6-19(23)16(9-15)20(26)24-14-3-5-17(21)18(22)8-14/h3-6,8-9,12-13H,7,10-11H2,1-2H3,(H,24,26)/t12-,13+. The van der Waals surface area contributed by atoms with Gasteiger partial charge in [0.05, 0.1) is 20.5 Å². The SMILES string of the molecule is C[C@@H]1C[C@H](C)CN(S(=O)(=O)c2ccc(F)c(C(=O)Nc3ccc(Cl)c(Cl)c3)c2)C1. The van der Waals surface area contributed by atoms with Crippen molar-refractivity contribution in [2.75, 3.05) is 18.4 Å². The van der Waals surface area contributed by atoms with Crippen LogP contribution in [0.1, 0.15) is 30.6 Å². The molecule has 2 aromatic rings. The van der Waals surface area contributed by atoms with Crippen LogP contribution in [0.3, 0.4) is 0 Å². The summed E-state index contributed by atoms with van der Waals surface area (Å²) >= 11 is 11.8. The fourth-order valence-corrected chi connectivity index (χ4v) is 5.57. The van der Waals surface area contributed by atoms with E-state index < -0.39 is 21.7 Å². The zero-order valence-corrected chi connectivity index (χ0v) is 18.3. The quantitative estimate of drug-likeness (QED) is 0.696. The number of hydrogen-bond donors (Lipinski definition) is 1. The van der Waals surface area contributed by atoms with E-state index in [2.05, 4.69) is 5.32 Å². The van der Waals surface area contributed by atoms with Gasteiger partial charge in [0.25, 0.3) is 5.91 Å². The third-order valence-corrected chi connectivity index (χ3v) is 7.40. The van der Waals surface area contributed by atoms with Crippen molar-refractivity contribution in [2.24, 2.45) is 11.8 Å². The molecule has 0 saturated carbocycles. The van der Waals surface area contributed by atoms with Crippen LogP contribution in [0.25, 0.3) is 0 Å². The molecule has 29 heavy (non-hydrogen) atoms. The summed E-state index contributed by atoms with van der Waals surface area (Å²) in [6.07, 6.45) is 0.951. The van der Waals surface area contributed by atoms with Crippen molar-refractivity contribution in [2.45, 2.75) is 25.2 Å². The van der Waals surface area contributed by atoms with Crippen molar-refractivity contribution in [3.63, 3.8) is 0 Å². The van der Waals surface area contributed by atoms with E-state index in [1.54, 1.807) is 0 Å². The van der Waals surface area contributed by atoms with Crippen LogP contribution in [0.4, 0.5) is 10.1 Å². The van der Waals surface area contributed by atoms with E-state index in [-0.39, 0.29) is 27.3 Å². The van der Waals surface area contributed by atoms with Gasteiger partial charge < -0.3 is 5.32 Å². The van der Waals surface area contributed by atoms with Gasteiger partial charge >= 0.3 is 0 Å². The number of nitrogens with zero attached hydrogens (tertiary/aromatic N) is 1.